The summed E-state index contributed by atoms with van der Waals surface area (Å²) in [5.41, 5.74) is 2.75. The molecule has 2 aromatic heterocycles. The molecule has 1 amide bonds. The Morgan fingerprint density at radius 3 is 2.46 bits per heavy atom. The Morgan fingerprint density at radius 1 is 1.11 bits per heavy atom. The van der Waals surface area contributed by atoms with E-state index in [1.165, 1.54) is 11.8 Å². The van der Waals surface area contributed by atoms with Crippen LogP contribution in [0.25, 0.3) is 5.78 Å². The van der Waals surface area contributed by atoms with Crippen molar-refractivity contribution in [3.63, 3.8) is 0 Å². The Kier molecular flexibility index (Phi) is 6.96. The molecule has 1 unspecified atom stereocenters. The summed E-state index contributed by atoms with van der Waals surface area (Å²) >= 11 is 1.45. The number of fused-ring (bicyclic) bond motifs is 1. The van der Waals surface area contributed by atoms with Crippen LogP contribution in [0.5, 0.6) is 5.88 Å². The van der Waals surface area contributed by atoms with Gasteiger partial charge in [0.1, 0.15) is 12.7 Å². The standard InChI is InChI=1S/C26H27N5O3S/c1-18-15-22(31-25(27-18)28-26(29-31)35-2)34-17-21-16-30(13-14-33-21)24(32)23(19-9-5-3-6-10-19)20-11-7-4-8-12-20/h3-12,15,21,23H,13-14,16-17H2,1-2H3. The lowest BCUT2D eigenvalue weighted by molar-refractivity contribution is -0.140. The summed E-state index contributed by atoms with van der Waals surface area (Å²) in [6.07, 6.45) is 1.66. The van der Waals surface area contributed by atoms with E-state index < -0.39 is 0 Å². The van der Waals surface area contributed by atoms with Gasteiger partial charge in [-0.2, -0.15) is 9.50 Å². The number of rotatable bonds is 7. The van der Waals surface area contributed by atoms with Gasteiger partial charge in [-0.1, -0.05) is 72.4 Å². The summed E-state index contributed by atoms with van der Waals surface area (Å²) in [5.74, 6) is 0.761. The third-order valence-corrected chi connectivity index (χ3v) is 6.49. The van der Waals surface area contributed by atoms with E-state index in [0.717, 1.165) is 16.8 Å². The van der Waals surface area contributed by atoms with Crippen LogP contribution in [-0.4, -0.2) is 69.1 Å². The number of hydrogen-bond donors (Lipinski definition) is 0. The number of carbonyl (C=O) groups excluding carboxylic acids is 1. The fourth-order valence-corrected chi connectivity index (χ4v) is 4.61. The fourth-order valence-electron chi connectivity index (χ4n) is 4.27. The zero-order valence-corrected chi connectivity index (χ0v) is 20.5. The molecule has 8 nitrogen and oxygen atoms in total. The molecular formula is C26H27N5O3S. The first kappa shape index (κ1) is 23.3. The maximum atomic E-state index is 13.8. The van der Waals surface area contributed by atoms with Gasteiger partial charge in [0.2, 0.25) is 16.9 Å². The van der Waals surface area contributed by atoms with Gasteiger partial charge in [-0.05, 0) is 24.3 Å². The number of morpholine rings is 1. The number of aryl methyl sites for hydroxylation is 1. The van der Waals surface area contributed by atoms with E-state index in [0.29, 0.717) is 36.5 Å². The summed E-state index contributed by atoms with van der Waals surface area (Å²) in [6.45, 7) is 3.64. The van der Waals surface area contributed by atoms with Crippen molar-refractivity contribution < 1.29 is 14.3 Å². The number of nitrogens with zero attached hydrogens (tertiary/aromatic N) is 5. The van der Waals surface area contributed by atoms with Crippen LogP contribution in [0, 0.1) is 6.92 Å². The molecule has 0 bridgehead atoms. The summed E-state index contributed by atoms with van der Waals surface area (Å²) < 4.78 is 13.7. The Morgan fingerprint density at radius 2 is 1.80 bits per heavy atom. The van der Waals surface area contributed by atoms with Crippen molar-refractivity contribution in [3.8, 4) is 5.88 Å². The van der Waals surface area contributed by atoms with Crippen LogP contribution in [0.15, 0.2) is 71.9 Å². The lowest BCUT2D eigenvalue weighted by atomic mass is 9.90. The highest BCUT2D eigenvalue weighted by atomic mass is 32.2. The quantitative estimate of drug-likeness (QED) is 0.367. The highest BCUT2D eigenvalue weighted by Crippen LogP contribution is 2.28. The molecule has 0 spiro atoms. The normalized spacial score (nSPS) is 16.1. The van der Waals surface area contributed by atoms with E-state index in [-0.39, 0.29) is 24.5 Å². The highest BCUT2D eigenvalue weighted by Gasteiger charge is 2.31. The minimum absolute atomic E-state index is 0.0683. The van der Waals surface area contributed by atoms with Crippen LogP contribution in [0.3, 0.4) is 0 Å². The predicted octanol–water partition coefficient (Wildman–Crippen LogP) is 3.59. The summed E-state index contributed by atoms with van der Waals surface area (Å²) in [6, 6.07) is 21.7. The van der Waals surface area contributed by atoms with E-state index >= 15 is 0 Å². The Labute approximate surface area is 208 Å². The van der Waals surface area contributed by atoms with E-state index in [1.807, 2.05) is 84.8 Å². The SMILES string of the molecule is CSc1nc2nc(C)cc(OCC3CN(C(=O)C(c4ccccc4)c4ccccc4)CCO3)n2n1. The lowest BCUT2D eigenvalue weighted by Gasteiger charge is -2.35. The molecule has 9 heteroatoms. The lowest BCUT2D eigenvalue weighted by Crippen LogP contribution is -2.49. The Hall–Kier alpha value is -3.43. The Balaban J connectivity index is 1.32. The zero-order chi connectivity index (χ0) is 24.2. The van der Waals surface area contributed by atoms with Crippen molar-refractivity contribution in [2.75, 3.05) is 32.6 Å². The van der Waals surface area contributed by atoms with Gasteiger partial charge >= 0.3 is 0 Å². The molecule has 3 heterocycles. The molecule has 0 radical (unpaired) electrons. The smallest absolute Gasteiger partial charge is 0.256 e. The van der Waals surface area contributed by atoms with Gasteiger partial charge < -0.3 is 14.4 Å². The summed E-state index contributed by atoms with van der Waals surface area (Å²) in [4.78, 5) is 24.5. The number of amides is 1. The van der Waals surface area contributed by atoms with Crippen LogP contribution in [0.2, 0.25) is 0 Å². The number of ether oxygens (including phenoxy) is 2. The van der Waals surface area contributed by atoms with Crippen molar-refractivity contribution in [1.29, 1.82) is 0 Å². The molecule has 35 heavy (non-hydrogen) atoms. The number of benzene rings is 2. The first-order valence-electron chi connectivity index (χ1n) is 11.5. The van der Waals surface area contributed by atoms with Gasteiger partial charge in [0.15, 0.2) is 0 Å². The van der Waals surface area contributed by atoms with Gasteiger partial charge in [0, 0.05) is 18.3 Å². The van der Waals surface area contributed by atoms with Gasteiger partial charge in [0.05, 0.1) is 19.1 Å². The molecule has 0 aliphatic carbocycles. The van der Waals surface area contributed by atoms with Crippen molar-refractivity contribution >= 4 is 23.4 Å². The van der Waals surface area contributed by atoms with Crippen molar-refractivity contribution in [1.82, 2.24) is 24.5 Å². The monoisotopic (exact) mass is 489 g/mol. The number of thioether (sulfide) groups is 1. The van der Waals surface area contributed by atoms with E-state index in [2.05, 4.69) is 15.1 Å². The third-order valence-electron chi connectivity index (χ3n) is 5.95. The van der Waals surface area contributed by atoms with Crippen LogP contribution in [-0.2, 0) is 9.53 Å². The first-order chi connectivity index (χ1) is 17.1. The number of hydrogen-bond acceptors (Lipinski definition) is 7. The summed E-state index contributed by atoms with van der Waals surface area (Å²) in [5, 5.41) is 5.08. The average molecular weight is 490 g/mol. The van der Waals surface area contributed by atoms with Gasteiger partial charge in [-0.25, -0.2) is 4.98 Å². The van der Waals surface area contributed by atoms with Crippen molar-refractivity contribution in [3.05, 3.63) is 83.6 Å². The largest absolute Gasteiger partial charge is 0.475 e. The second-order valence-electron chi connectivity index (χ2n) is 8.39. The topological polar surface area (TPSA) is 81.9 Å². The molecule has 1 saturated heterocycles. The number of carbonyl (C=O) groups is 1. The second-order valence-corrected chi connectivity index (χ2v) is 9.16. The zero-order valence-electron chi connectivity index (χ0n) is 19.7. The second kappa shape index (κ2) is 10.5. The van der Waals surface area contributed by atoms with Gasteiger partial charge in [-0.3, -0.25) is 4.79 Å². The van der Waals surface area contributed by atoms with E-state index in [1.54, 1.807) is 4.52 Å². The molecule has 4 aromatic rings. The summed E-state index contributed by atoms with van der Waals surface area (Å²) in [7, 11) is 0. The van der Waals surface area contributed by atoms with Gasteiger partial charge in [0.25, 0.3) is 5.78 Å². The maximum Gasteiger partial charge on any atom is 0.256 e. The van der Waals surface area contributed by atoms with Gasteiger partial charge in [-0.15, -0.1) is 5.10 Å². The molecule has 1 aliphatic heterocycles. The van der Waals surface area contributed by atoms with Crippen molar-refractivity contribution in [2.24, 2.45) is 0 Å². The molecule has 5 rings (SSSR count). The van der Waals surface area contributed by atoms with Crippen LogP contribution >= 0.6 is 11.8 Å². The number of aromatic nitrogens is 4. The molecule has 0 N–H and O–H groups in total. The average Bonchev–Trinajstić information content (AvgIpc) is 3.32. The molecular weight excluding hydrogens is 462 g/mol. The first-order valence-corrected chi connectivity index (χ1v) is 12.8. The highest BCUT2D eigenvalue weighted by molar-refractivity contribution is 7.98. The van der Waals surface area contributed by atoms with E-state index in [9.17, 15) is 4.79 Å². The fraction of sp³-hybridized carbons (Fsp3) is 0.308. The molecule has 1 aliphatic rings. The minimum atomic E-state index is -0.361. The van der Waals surface area contributed by atoms with Crippen molar-refractivity contribution in [2.45, 2.75) is 24.1 Å². The third kappa shape index (κ3) is 5.16. The molecule has 1 atom stereocenters. The molecule has 2 aromatic carbocycles. The minimum Gasteiger partial charge on any atom is -0.475 e. The predicted molar refractivity (Wildman–Crippen MR) is 134 cm³/mol. The van der Waals surface area contributed by atoms with Crippen LogP contribution in [0.1, 0.15) is 22.7 Å². The van der Waals surface area contributed by atoms with Crippen LogP contribution < -0.4 is 4.74 Å². The molecule has 1 fully saturated rings. The molecule has 0 saturated carbocycles. The Bertz CT molecular complexity index is 1260. The maximum absolute atomic E-state index is 13.8. The van der Waals surface area contributed by atoms with E-state index in [4.69, 9.17) is 9.47 Å². The van der Waals surface area contributed by atoms with Crippen LogP contribution in [0.4, 0.5) is 0 Å². The molecule has 180 valence electrons.